The molecule has 21 heavy (non-hydrogen) atoms. The first-order chi connectivity index (χ1) is 10.3. The van der Waals surface area contributed by atoms with E-state index >= 15 is 0 Å². The lowest BCUT2D eigenvalue weighted by molar-refractivity contribution is 0.0472. The van der Waals surface area contributed by atoms with E-state index in [1.54, 1.807) is 6.20 Å². The van der Waals surface area contributed by atoms with E-state index in [0.29, 0.717) is 12.1 Å². The third-order valence-electron chi connectivity index (χ3n) is 3.53. The summed E-state index contributed by atoms with van der Waals surface area (Å²) < 4.78 is 5.94. The number of H-pyrrole nitrogens is 1. The minimum Gasteiger partial charge on any atom is -0.381 e. The number of anilines is 1. The number of aromatic amines is 1. The summed E-state index contributed by atoms with van der Waals surface area (Å²) in [5, 5.41) is 19.1. The third-order valence-corrected chi connectivity index (χ3v) is 3.53. The van der Waals surface area contributed by atoms with Gasteiger partial charge in [0.05, 0.1) is 17.4 Å². The highest BCUT2D eigenvalue weighted by Gasteiger charge is 2.28. The molecule has 2 atom stereocenters. The minimum atomic E-state index is -0.0195. The molecule has 0 bridgehead atoms. The Kier molecular flexibility index (Phi) is 3.79. The van der Waals surface area contributed by atoms with Gasteiger partial charge in [0.25, 0.3) is 0 Å². The molecule has 108 valence electrons. The molecular weight excluding hydrogens is 268 g/mol. The maximum atomic E-state index is 9.09. The number of rotatable bonds is 4. The molecule has 0 aromatic carbocycles. The van der Waals surface area contributed by atoms with Crippen LogP contribution in [0.5, 0.6) is 0 Å². The minimum absolute atomic E-state index is 0.0195. The Morgan fingerprint density at radius 3 is 3.14 bits per heavy atom. The van der Waals surface area contributed by atoms with Crippen LogP contribution in [0, 0.1) is 18.3 Å². The number of ether oxygens (including phenoxy) is 1. The van der Waals surface area contributed by atoms with E-state index in [1.165, 1.54) is 6.33 Å². The van der Waals surface area contributed by atoms with Crippen molar-refractivity contribution in [3.8, 4) is 6.07 Å². The predicted molar refractivity (Wildman–Crippen MR) is 75.4 cm³/mol. The zero-order chi connectivity index (χ0) is 14.7. The SMILES string of the molecule is Cc1cc(NC[C@H]2CC[C@@H](c3ncn[nH]3)O2)c(C#N)cn1. The molecule has 7 nitrogen and oxygen atoms in total. The first kappa shape index (κ1) is 13.5. The average Bonchev–Trinajstić information content (AvgIpc) is 3.16. The maximum absolute atomic E-state index is 9.09. The lowest BCUT2D eigenvalue weighted by Gasteiger charge is -2.14. The smallest absolute Gasteiger partial charge is 0.153 e. The molecular formula is C14H16N6O. The van der Waals surface area contributed by atoms with E-state index in [0.717, 1.165) is 30.0 Å². The maximum Gasteiger partial charge on any atom is 0.153 e. The molecule has 0 radical (unpaired) electrons. The molecule has 0 spiro atoms. The van der Waals surface area contributed by atoms with E-state index in [1.807, 2.05) is 13.0 Å². The Balaban J connectivity index is 1.59. The molecule has 1 fully saturated rings. The second-order valence-corrected chi connectivity index (χ2v) is 5.06. The predicted octanol–water partition coefficient (Wildman–Crippen LogP) is 1.71. The van der Waals surface area contributed by atoms with E-state index in [-0.39, 0.29) is 12.2 Å². The van der Waals surface area contributed by atoms with Crippen LogP contribution in [0.4, 0.5) is 5.69 Å². The van der Waals surface area contributed by atoms with Gasteiger partial charge < -0.3 is 10.1 Å². The molecule has 0 amide bonds. The number of aromatic nitrogens is 4. The second-order valence-electron chi connectivity index (χ2n) is 5.06. The van der Waals surface area contributed by atoms with Crippen LogP contribution in [0.2, 0.25) is 0 Å². The van der Waals surface area contributed by atoms with Crippen molar-refractivity contribution in [3.63, 3.8) is 0 Å². The Hall–Kier alpha value is -2.46. The van der Waals surface area contributed by atoms with Crippen LogP contribution < -0.4 is 5.32 Å². The summed E-state index contributed by atoms with van der Waals surface area (Å²) >= 11 is 0. The van der Waals surface area contributed by atoms with Crippen LogP contribution in [0.1, 0.15) is 36.0 Å². The van der Waals surface area contributed by atoms with Crippen molar-refractivity contribution >= 4 is 5.69 Å². The fraction of sp³-hybridized carbons (Fsp3) is 0.429. The summed E-state index contributed by atoms with van der Waals surface area (Å²) in [4.78, 5) is 8.25. The molecule has 2 N–H and O–H groups in total. The van der Waals surface area contributed by atoms with Gasteiger partial charge in [0.2, 0.25) is 0 Å². The van der Waals surface area contributed by atoms with Crippen molar-refractivity contribution in [1.82, 2.24) is 20.2 Å². The lowest BCUT2D eigenvalue weighted by atomic mass is 10.1. The van der Waals surface area contributed by atoms with E-state index < -0.39 is 0 Å². The molecule has 3 rings (SSSR count). The van der Waals surface area contributed by atoms with Crippen molar-refractivity contribution in [2.45, 2.75) is 32.0 Å². The van der Waals surface area contributed by atoms with E-state index in [2.05, 4.69) is 31.6 Å². The van der Waals surface area contributed by atoms with Gasteiger partial charge in [-0.15, -0.1) is 0 Å². The van der Waals surface area contributed by atoms with Crippen LogP contribution in [-0.2, 0) is 4.74 Å². The number of nitriles is 1. The molecule has 0 aliphatic carbocycles. The van der Waals surface area contributed by atoms with Gasteiger partial charge in [-0.2, -0.15) is 10.4 Å². The van der Waals surface area contributed by atoms with Crippen LogP contribution in [0.15, 0.2) is 18.6 Å². The van der Waals surface area contributed by atoms with Gasteiger partial charge in [-0.1, -0.05) is 0 Å². The molecule has 3 heterocycles. The number of pyridine rings is 1. The molecule has 2 aromatic rings. The topological polar surface area (TPSA) is 99.5 Å². The van der Waals surface area contributed by atoms with Gasteiger partial charge in [0.15, 0.2) is 5.82 Å². The quantitative estimate of drug-likeness (QED) is 0.886. The summed E-state index contributed by atoms with van der Waals surface area (Å²) in [6.07, 6.45) is 5.02. The largest absolute Gasteiger partial charge is 0.381 e. The highest BCUT2D eigenvalue weighted by Crippen LogP contribution is 2.30. The number of nitrogens with one attached hydrogen (secondary N) is 2. The zero-order valence-corrected chi connectivity index (χ0v) is 11.7. The van der Waals surface area contributed by atoms with Crippen molar-refractivity contribution < 1.29 is 4.74 Å². The summed E-state index contributed by atoms with van der Waals surface area (Å²) in [6, 6.07) is 4.02. The molecule has 2 aromatic heterocycles. The molecule has 0 unspecified atom stereocenters. The Labute approximate surface area is 122 Å². The Morgan fingerprint density at radius 1 is 1.48 bits per heavy atom. The number of hydrogen-bond acceptors (Lipinski definition) is 6. The van der Waals surface area contributed by atoms with Gasteiger partial charge in [-0.3, -0.25) is 10.1 Å². The van der Waals surface area contributed by atoms with Gasteiger partial charge in [-0.25, -0.2) is 4.98 Å². The van der Waals surface area contributed by atoms with Crippen LogP contribution in [0.3, 0.4) is 0 Å². The van der Waals surface area contributed by atoms with Crippen molar-refractivity contribution in [2.24, 2.45) is 0 Å². The molecule has 1 aliphatic heterocycles. The standard InChI is InChI=1S/C14H16N6O/c1-9-4-12(10(5-15)6-16-9)17-7-11-2-3-13(21-11)14-18-8-19-20-14/h4,6,8,11,13H,2-3,7H2,1H3,(H,16,17)(H,18,19,20)/t11-,13+/m1/s1. The monoisotopic (exact) mass is 284 g/mol. The van der Waals surface area contributed by atoms with E-state index in [4.69, 9.17) is 10.00 Å². The highest BCUT2D eigenvalue weighted by atomic mass is 16.5. The fourth-order valence-electron chi connectivity index (χ4n) is 2.45. The fourth-order valence-corrected chi connectivity index (χ4v) is 2.45. The van der Waals surface area contributed by atoms with Crippen LogP contribution >= 0.6 is 0 Å². The lowest BCUT2D eigenvalue weighted by Crippen LogP contribution is -2.19. The summed E-state index contributed by atoms with van der Waals surface area (Å²) in [5.74, 6) is 0.773. The molecule has 1 aliphatic rings. The molecule has 0 saturated carbocycles. The Morgan fingerprint density at radius 2 is 2.38 bits per heavy atom. The summed E-state index contributed by atoms with van der Waals surface area (Å²) in [6.45, 7) is 2.56. The first-order valence-electron chi connectivity index (χ1n) is 6.87. The van der Waals surface area contributed by atoms with Gasteiger partial charge in [-0.05, 0) is 25.8 Å². The number of nitrogens with zero attached hydrogens (tertiary/aromatic N) is 4. The normalized spacial score (nSPS) is 21.1. The molecule has 7 heteroatoms. The van der Waals surface area contributed by atoms with Gasteiger partial charge in [0.1, 0.15) is 18.5 Å². The highest BCUT2D eigenvalue weighted by molar-refractivity contribution is 5.56. The third kappa shape index (κ3) is 3.01. The van der Waals surface area contributed by atoms with Crippen molar-refractivity contribution in [2.75, 3.05) is 11.9 Å². The van der Waals surface area contributed by atoms with Crippen LogP contribution in [-0.4, -0.2) is 32.8 Å². The molecule has 1 saturated heterocycles. The van der Waals surface area contributed by atoms with Crippen molar-refractivity contribution in [1.29, 1.82) is 5.26 Å². The zero-order valence-electron chi connectivity index (χ0n) is 11.7. The first-order valence-corrected chi connectivity index (χ1v) is 6.87. The Bertz CT molecular complexity index is 648. The number of hydrogen-bond donors (Lipinski definition) is 2. The summed E-state index contributed by atoms with van der Waals surface area (Å²) in [5.41, 5.74) is 2.23. The van der Waals surface area contributed by atoms with Crippen LogP contribution in [0.25, 0.3) is 0 Å². The average molecular weight is 284 g/mol. The van der Waals surface area contributed by atoms with Crippen molar-refractivity contribution in [3.05, 3.63) is 35.7 Å². The summed E-state index contributed by atoms with van der Waals surface area (Å²) in [7, 11) is 0. The second kappa shape index (κ2) is 5.89. The van der Waals surface area contributed by atoms with Gasteiger partial charge >= 0.3 is 0 Å². The van der Waals surface area contributed by atoms with E-state index in [9.17, 15) is 0 Å². The number of aryl methyl sites for hydroxylation is 1. The van der Waals surface area contributed by atoms with Gasteiger partial charge in [0, 0.05) is 18.4 Å².